The molecule has 9 heteroatoms. The third-order valence-electron chi connectivity index (χ3n) is 5.48. The molecule has 148 valence electrons. The zero-order valence-electron chi connectivity index (χ0n) is 15.3. The number of aryl methyl sites for hydroxylation is 1. The van der Waals surface area contributed by atoms with Crippen molar-refractivity contribution in [1.29, 1.82) is 0 Å². The molecule has 6 nitrogen and oxygen atoms in total. The predicted molar refractivity (Wildman–Crippen MR) is 90.7 cm³/mol. The fourth-order valence-electron chi connectivity index (χ4n) is 3.61. The number of aliphatic carboxylic acids is 1. The Morgan fingerprint density at radius 1 is 1.22 bits per heavy atom. The standard InChI is InChI=1S/C18H20F3NO5/c1-9(2)22(16(26)27)6-5-17(4,15(24)25)14(23)11-7-10(3)12(8-13(11)22)18(19,20)21/h7-9H,5-6H2,1-4H3,(H-,24,25,26,27)/p+1. The van der Waals surface area contributed by atoms with Crippen molar-refractivity contribution in [2.45, 2.75) is 46.3 Å². The second kappa shape index (κ2) is 6.33. The number of carboxylic acid groups (broad SMARTS) is 2. The quantitative estimate of drug-likeness (QED) is 0.588. The molecule has 27 heavy (non-hydrogen) atoms. The summed E-state index contributed by atoms with van der Waals surface area (Å²) in [6.45, 7) is 5.04. The van der Waals surface area contributed by atoms with Crippen molar-refractivity contribution >= 4 is 23.5 Å². The van der Waals surface area contributed by atoms with Crippen LogP contribution in [0.4, 0.5) is 23.7 Å². The fraction of sp³-hybridized carbons (Fsp3) is 0.500. The molecule has 0 aromatic heterocycles. The number of carbonyl (C=O) groups excluding carboxylic acids is 1. The largest absolute Gasteiger partial charge is 0.519 e. The first-order valence-electron chi connectivity index (χ1n) is 8.31. The van der Waals surface area contributed by atoms with Crippen molar-refractivity contribution < 1.29 is 37.8 Å². The molecular formula is C18H21F3NO5+. The van der Waals surface area contributed by atoms with Crippen molar-refractivity contribution in [2.24, 2.45) is 5.41 Å². The Morgan fingerprint density at radius 3 is 2.19 bits per heavy atom. The van der Waals surface area contributed by atoms with Crippen LogP contribution in [-0.4, -0.2) is 40.6 Å². The van der Waals surface area contributed by atoms with Gasteiger partial charge in [-0.3, -0.25) is 9.59 Å². The van der Waals surface area contributed by atoms with Crippen LogP contribution in [0.2, 0.25) is 0 Å². The van der Waals surface area contributed by atoms with Crippen LogP contribution in [0, 0.1) is 12.3 Å². The van der Waals surface area contributed by atoms with Gasteiger partial charge in [-0.15, -0.1) is 0 Å². The van der Waals surface area contributed by atoms with Gasteiger partial charge in [-0.05, 0) is 39.3 Å². The Labute approximate surface area is 153 Å². The second-order valence-corrected chi connectivity index (χ2v) is 7.37. The Bertz CT molecular complexity index is 833. The van der Waals surface area contributed by atoms with E-state index in [4.69, 9.17) is 0 Å². The number of ketones is 1. The normalized spacial score (nSPS) is 25.9. The van der Waals surface area contributed by atoms with Crippen molar-refractivity contribution in [2.75, 3.05) is 6.54 Å². The average Bonchev–Trinajstić information content (AvgIpc) is 2.61. The molecule has 0 saturated heterocycles. The molecule has 2 rings (SSSR count). The van der Waals surface area contributed by atoms with E-state index in [0.29, 0.717) is 6.07 Å². The van der Waals surface area contributed by atoms with Crippen LogP contribution in [0.5, 0.6) is 0 Å². The minimum Gasteiger partial charge on any atom is -0.480 e. The molecule has 0 spiro atoms. The zero-order valence-corrected chi connectivity index (χ0v) is 15.3. The van der Waals surface area contributed by atoms with Crippen molar-refractivity contribution in [3.8, 4) is 0 Å². The second-order valence-electron chi connectivity index (χ2n) is 7.37. The maximum Gasteiger partial charge on any atom is 0.519 e. The highest BCUT2D eigenvalue weighted by Gasteiger charge is 2.55. The summed E-state index contributed by atoms with van der Waals surface area (Å²) in [6.07, 6.45) is -6.50. The van der Waals surface area contributed by atoms with Crippen LogP contribution >= 0.6 is 0 Å². The van der Waals surface area contributed by atoms with Gasteiger partial charge in [0.25, 0.3) is 0 Å². The van der Waals surface area contributed by atoms with Crippen LogP contribution in [0.15, 0.2) is 12.1 Å². The molecule has 2 atom stereocenters. The van der Waals surface area contributed by atoms with Gasteiger partial charge in [-0.1, -0.05) is 0 Å². The van der Waals surface area contributed by atoms with Crippen LogP contribution in [0.3, 0.4) is 0 Å². The van der Waals surface area contributed by atoms with Gasteiger partial charge in [0.15, 0.2) is 11.5 Å². The number of hydrogen-bond acceptors (Lipinski definition) is 3. The van der Waals surface area contributed by atoms with E-state index in [1.54, 1.807) is 0 Å². The molecule has 1 aliphatic heterocycles. The number of Topliss-reactive ketones (excluding diaryl/α,β-unsaturated/α-hetero) is 1. The summed E-state index contributed by atoms with van der Waals surface area (Å²) in [7, 11) is 0. The lowest BCUT2D eigenvalue weighted by atomic mass is 9.79. The molecule has 1 aromatic rings. The minimum atomic E-state index is -4.74. The van der Waals surface area contributed by atoms with Gasteiger partial charge in [-0.25, -0.2) is 0 Å². The highest BCUT2D eigenvalue weighted by molar-refractivity contribution is 6.15. The van der Waals surface area contributed by atoms with Crippen LogP contribution in [0.1, 0.15) is 48.7 Å². The number of rotatable bonds is 2. The van der Waals surface area contributed by atoms with E-state index in [9.17, 15) is 37.8 Å². The molecular weight excluding hydrogens is 367 g/mol. The molecule has 1 heterocycles. The maximum atomic E-state index is 13.4. The Balaban J connectivity index is 2.98. The summed E-state index contributed by atoms with van der Waals surface area (Å²) >= 11 is 0. The molecule has 1 aliphatic rings. The van der Waals surface area contributed by atoms with E-state index in [0.717, 1.165) is 13.0 Å². The van der Waals surface area contributed by atoms with Gasteiger partial charge in [-0.2, -0.15) is 22.4 Å². The Morgan fingerprint density at radius 2 is 1.78 bits per heavy atom. The predicted octanol–water partition coefficient (Wildman–Crippen LogP) is 4.08. The van der Waals surface area contributed by atoms with Gasteiger partial charge in [0.1, 0.15) is 5.41 Å². The summed E-state index contributed by atoms with van der Waals surface area (Å²) in [5, 5.41) is 19.5. The summed E-state index contributed by atoms with van der Waals surface area (Å²) in [4.78, 5) is 36.9. The molecule has 1 aromatic carbocycles. The number of nitrogens with zero attached hydrogens (tertiary/aromatic N) is 1. The lowest BCUT2D eigenvalue weighted by Crippen LogP contribution is -2.59. The van der Waals surface area contributed by atoms with E-state index in [2.05, 4.69) is 0 Å². The number of hydrogen-bond donors (Lipinski definition) is 2. The molecule has 0 aliphatic carbocycles. The molecule has 0 radical (unpaired) electrons. The molecule has 0 fully saturated rings. The average molecular weight is 388 g/mol. The summed E-state index contributed by atoms with van der Waals surface area (Å²) < 4.78 is 39.3. The van der Waals surface area contributed by atoms with E-state index >= 15 is 0 Å². The van der Waals surface area contributed by atoms with Crippen molar-refractivity contribution in [3.05, 3.63) is 28.8 Å². The van der Waals surface area contributed by atoms with E-state index in [1.807, 2.05) is 0 Å². The maximum absolute atomic E-state index is 13.4. The Kier molecular flexibility index (Phi) is 4.90. The highest BCUT2D eigenvalue weighted by Crippen LogP contribution is 2.45. The molecule has 2 N–H and O–H groups in total. The smallest absolute Gasteiger partial charge is 0.480 e. The lowest BCUT2D eigenvalue weighted by molar-refractivity contribution is -0.145. The topological polar surface area (TPSA) is 91.7 Å². The number of carboxylic acids is 1. The monoisotopic (exact) mass is 388 g/mol. The van der Waals surface area contributed by atoms with E-state index in [-0.39, 0.29) is 29.8 Å². The van der Waals surface area contributed by atoms with Gasteiger partial charge in [0.05, 0.1) is 23.7 Å². The molecule has 2 unspecified atom stereocenters. The number of amides is 1. The number of carbonyl (C=O) groups is 3. The van der Waals surface area contributed by atoms with E-state index in [1.165, 1.54) is 20.8 Å². The number of fused-ring (bicyclic) bond motifs is 1. The number of alkyl halides is 3. The zero-order chi connectivity index (χ0) is 20.9. The fourth-order valence-corrected chi connectivity index (χ4v) is 3.61. The minimum absolute atomic E-state index is 0.267. The third kappa shape index (κ3) is 2.99. The van der Waals surface area contributed by atoms with Gasteiger partial charge >= 0.3 is 18.2 Å². The lowest BCUT2D eigenvalue weighted by Gasteiger charge is -2.36. The summed E-state index contributed by atoms with van der Waals surface area (Å²) in [5.74, 6) is -2.33. The van der Waals surface area contributed by atoms with E-state index < -0.39 is 45.5 Å². The summed E-state index contributed by atoms with van der Waals surface area (Å²) in [6, 6.07) is 0.921. The first-order chi connectivity index (χ1) is 12.2. The van der Waals surface area contributed by atoms with Crippen LogP contribution in [0.25, 0.3) is 0 Å². The van der Waals surface area contributed by atoms with Crippen LogP contribution in [-0.2, 0) is 11.0 Å². The van der Waals surface area contributed by atoms with Crippen molar-refractivity contribution in [3.63, 3.8) is 0 Å². The molecule has 1 amide bonds. The van der Waals surface area contributed by atoms with Gasteiger partial charge < -0.3 is 10.2 Å². The first kappa shape index (κ1) is 20.9. The highest BCUT2D eigenvalue weighted by atomic mass is 19.4. The van der Waals surface area contributed by atoms with Gasteiger partial charge in [0.2, 0.25) is 0 Å². The number of halogens is 3. The first-order valence-corrected chi connectivity index (χ1v) is 8.31. The van der Waals surface area contributed by atoms with Gasteiger partial charge in [0, 0.05) is 12.5 Å². The Hall–Kier alpha value is -2.42. The third-order valence-corrected chi connectivity index (χ3v) is 5.48. The van der Waals surface area contributed by atoms with Crippen LogP contribution < -0.4 is 4.48 Å². The number of quaternary nitrogens is 1. The van der Waals surface area contributed by atoms with Crippen molar-refractivity contribution in [1.82, 2.24) is 4.48 Å². The SMILES string of the molecule is Cc1cc2c(cc1C(F)(F)F)[N+](C(=O)O)(C(C)C)CCC(C)(C(=O)O)C2=O. The molecule has 0 bridgehead atoms. The summed E-state index contributed by atoms with van der Waals surface area (Å²) in [5.41, 5.74) is -3.86. The number of benzene rings is 1. The molecule has 0 saturated carbocycles.